The molecule has 1 saturated carbocycles. The van der Waals surface area contributed by atoms with Gasteiger partial charge in [0.15, 0.2) is 0 Å². The summed E-state index contributed by atoms with van der Waals surface area (Å²) in [6, 6.07) is 0. The summed E-state index contributed by atoms with van der Waals surface area (Å²) in [6.45, 7) is 2.05. The predicted octanol–water partition coefficient (Wildman–Crippen LogP) is 0.555. The third-order valence-electron chi connectivity index (χ3n) is 2.45. The number of nitrogens with zero attached hydrogens (tertiary/aromatic N) is 1. The van der Waals surface area contributed by atoms with E-state index in [2.05, 4.69) is 0 Å². The second-order valence-corrected chi connectivity index (χ2v) is 4.00. The minimum absolute atomic E-state index is 0.141. The van der Waals surface area contributed by atoms with Crippen molar-refractivity contribution in [2.24, 2.45) is 5.92 Å². The van der Waals surface area contributed by atoms with Crippen molar-refractivity contribution in [3.8, 4) is 0 Å². The summed E-state index contributed by atoms with van der Waals surface area (Å²) in [6.07, 6.45) is 4.14. The smallest absolute Gasteiger partial charge is 0.317 e. The summed E-state index contributed by atoms with van der Waals surface area (Å²) in [4.78, 5) is 12.5. The number of rotatable bonds is 8. The maximum absolute atomic E-state index is 10.6. The van der Waals surface area contributed by atoms with Crippen molar-refractivity contribution in [2.45, 2.75) is 25.7 Å². The minimum atomic E-state index is -0.755. The zero-order valence-electron chi connectivity index (χ0n) is 8.48. The molecule has 1 fully saturated rings. The lowest BCUT2D eigenvalue weighted by Crippen LogP contribution is -2.32. The topological polar surface area (TPSA) is 60.8 Å². The number of hydrogen-bond acceptors (Lipinski definition) is 3. The minimum Gasteiger partial charge on any atom is -0.480 e. The molecule has 1 rings (SSSR count). The van der Waals surface area contributed by atoms with Crippen LogP contribution >= 0.6 is 0 Å². The van der Waals surface area contributed by atoms with E-state index in [0.717, 1.165) is 31.8 Å². The van der Waals surface area contributed by atoms with Gasteiger partial charge in [0.25, 0.3) is 0 Å². The fourth-order valence-corrected chi connectivity index (χ4v) is 1.54. The number of hydrogen-bond donors (Lipinski definition) is 2. The highest BCUT2D eigenvalue weighted by atomic mass is 16.4. The van der Waals surface area contributed by atoms with Crippen LogP contribution in [0.1, 0.15) is 25.7 Å². The zero-order chi connectivity index (χ0) is 10.4. The Morgan fingerprint density at radius 3 is 2.57 bits per heavy atom. The molecule has 0 bridgehead atoms. The number of aliphatic hydroxyl groups excluding tert-OH is 1. The van der Waals surface area contributed by atoms with E-state index >= 15 is 0 Å². The summed E-state index contributed by atoms with van der Waals surface area (Å²) in [7, 11) is 0. The third-order valence-corrected chi connectivity index (χ3v) is 2.45. The van der Waals surface area contributed by atoms with Gasteiger partial charge in [0.1, 0.15) is 0 Å². The van der Waals surface area contributed by atoms with E-state index in [1.54, 1.807) is 0 Å². The van der Waals surface area contributed by atoms with Crippen LogP contribution in [-0.2, 0) is 4.79 Å². The highest BCUT2D eigenvalue weighted by Gasteiger charge is 2.24. The van der Waals surface area contributed by atoms with Gasteiger partial charge in [-0.3, -0.25) is 9.69 Å². The first-order valence-electron chi connectivity index (χ1n) is 5.27. The number of unbranched alkanes of at least 4 members (excludes halogenated alkanes) is 1. The average molecular weight is 201 g/mol. The Morgan fingerprint density at radius 1 is 1.36 bits per heavy atom. The molecule has 0 amide bonds. The molecule has 0 spiro atoms. The van der Waals surface area contributed by atoms with Gasteiger partial charge in [0.05, 0.1) is 6.54 Å². The normalized spacial score (nSPS) is 16.1. The van der Waals surface area contributed by atoms with Crippen LogP contribution in [0.4, 0.5) is 0 Å². The lowest BCUT2D eigenvalue weighted by Gasteiger charge is -2.19. The lowest BCUT2D eigenvalue weighted by molar-refractivity contribution is -0.138. The molecule has 0 heterocycles. The van der Waals surface area contributed by atoms with Crippen LogP contribution in [-0.4, -0.2) is 47.3 Å². The second kappa shape index (κ2) is 5.98. The molecule has 0 aromatic heterocycles. The van der Waals surface area contributed by atoms with Crippen molar-refractivity contribution in [2.75, 3.05) is 26.2 Å². The molecule has 0 aromatic carbocycles. The van der Waals surface area contributed by atoms with E-state index in [1.165, 1.54) is 12.8 Å². The largest absolute Gasteiger partial charge is 0.480 e. The van der Waals surface area contributed by atoms with Crippen LogP contribution in [0.3, 0.4) is 0 Å². The molecule has 14 heavy (non-hydrogen) atoms. The summed E-state index contributed by atoms with van der Waals surface area (Å²) in [5.74, 6) is -0.0295. The van der Waals surface area contributed by atoms with Crippen LogP contribution in [0.2, 0.25) is 0 Å². The maximum atomic E-state index is 10.6. The SMILES string of the molecule is O=C(O)CN(CCCCO)CC1CC1. The molecule has 1 aliphatic carbocycles. The van der Waals surface area contributed by atoms with Gasteiger partial charge in [0.2, 0.25) is 0 Å². The molecule has 0 unspecified atom stereocenters. The van der Waals surface area contributed by atoms with Gasteiger partial charge in [-0.05, 0) is 38.1 Å². The fraction of sp³-hybridized carbons (Fsp3) is 0.900. The number of aliphatic carboxylic acids is 1. The van der Waals surface area contributed by atoms with Gasteiger partial charge in [-0.25, -0.2) is 0 Å². The molecule has 1 aliphatic rings. The van der Waals surface area contributed by atoms with Gasteiger partial charge < -0.3 is 10.2 Å². The average Bonchev–Trinajstić information content (AvgIpc) is 2.87. The van der Waals surface area contributed by atoms with Crippen LogP contribution < -0.4 is 0 Å². The highest BCUT2D eigenvalue weighted by Crippen LogP contribution is 2.29. The van der Waals surface area contributed by atoms with Crippen LogP contribution in [0.5, 0.6) is 0 Å². The van der Waals surface area contributed by atoms with Gasteiger partial charge in [0, 0.05) is 13.2 Å². The highest BCUT2D eigenvalue weighted by molar-refractivity contribution is 5.69. The van der Waals surface area contributed by atoms with E-state index in [1.807, 2.05) is 4.90 Å². The van der Waals surface area contributed by atoms with E-state index in [9.17, 15) is 4.79 Å². The predicted molar refractivity (Wildman–Crippen MR) is 53.1 cm³/mol. The Bertz CT molecular complexity index is 180. The first-order valence-corrected chi connectivity index (χ1v) is 5.27. The summed E-state index contributed by atoms with van der Waals surface area (Å²) in [5, 5.41) is 17.3. The molecule has 2 N–H and O–H groups in total. The summed E-state index contributed by atoms with van der Waals surface area (Å²) < 4.78 is 0. The summed E-state index contributed by atoms with van der Waals surface area (Å²) >= 11 is 0. The van der Waals surface area contributed by atoms with Crippen molar-refractivity contribution < 1.29 is 15.0 Å². The summed E-state index contributed by atoms with van der Waals surface area (Å²) in [5.41, 5.74) is 0. The number of aliphatic hydroxyl groups is 1. The first kappa shape index (κ1) is 11.5. The Hall–Kier alpha value is -0.610. The van der Waals surface area contributed by atoms with Gasteiger partial charge >= 0.3 is 5.97 Å². The molecule has 0 atom stereocenters. The van der Waals surface area contributed by atoms with Crippen molar-refractivity contribution >= 4 is 5.97 Å². The van der Waals surface area contributed by atoms with E-state index in [4.69, 9.17) is 10.2 Å². The first-order chi connectivity index (χ1) is 6.72. The molecule has 0 aliphatic heterocycles. The van der Waals surface area contributed by atoms with Gasteiger partial charge in [-0.15, -0.1) is 0 Å². The molecule has 0 aromatic rings. The van der Waals surface area contributed by atoms with E-state index in [0.29, 0.717) is 0 Å². The fourth-order valence-electron chi connectivity index (χ4n) is 1.54. The quantitative estimate of drug-likeness (QED) is 0.563. The van der Waals surface area contributed by atoms with Gasteiger partial charge in [-0.1, -0.05) is 0 Å². The van der Waals surface area contributed by atoms with Crippen LogP contribution in [0.25, 0.3) is 0 Å². The Balaban J connectivity index is 2.16. The molecular weight excluding hydrogens is 182 g/mol. The monoisotopic (exact) mass is 201 g/mol. The Kier molecular flexibility index (Phi) is 4.90. The van der Waals surface area contributed by atoms with Crippen LogP contribution in [0, 0.1) is 5.92 Å². The van der Waals surface area contributed by atoms with Crippen molar-refractivity contribution in [1.82, 2.24) is 4.90 Å². The Morgan fingerprint density at radius 2 is 2.07 bits per heavy atom. The molecule has 4 heteroatoms. The molecule has 0 radical (unpaired) electrons. The molecule has 4 nitrogen and oxygen atoms in total. The number of carboxylic acid groups (broad SMARTS) is 1. The van der Waals surface area contributed by atoms with Crippen molar-refractivity contribution in [3.05, 3.63) is 0 Å². The van der Waals surface area contributed by atoms with Gasteiger partial charge in [-0.2, -0.15) is 0 Å². The van der Waals surface area contributed by atoms with E-state index in [-0.39, 0.29) is 13.2 Å². The molecule has 82 valence electrons. The third kappa shape index (κ3) is 5.19. The van der Waals surface area contributed by atoms with E-state index < -0.39 is 5.97 Å². The van der Waals surface area contributed by atoms with Crippen molar-refractivity contribution in [1.29, 1.82) is 0 Å². The number of carboxylic acids is 1. The molecule has 0 saturated heterocycles. The van der Waals surface area contributed by atoms with Crippen LogP contribution in [0.15, 0.2) is 0 Å². The molecular formula is C10H19NO3. The zero-order valence-corrected chi connectivity index (χ0v) is 8.48. The lowest BCUT2D eigenvalue weighted by atomic mass is 10.2. The standard InChI is InChI=1S/C10H19NO3/c12-6-2-1-5-11(8-10(13)14)7-9-3-4-9/h9,12H,1-8H2,(H,13,14). The van der Waals surface area contributed by atoms with Crippen molar-refractivity contribution in [3.63, 3.8) is 0 Å². The second-order valence-electron chi connectivity index (χ2n) is 4.00. The Labute approximate surface area is 84.5 Å². The number of carbonyl (C=O) groups is 1. The maximum Gasteiger partial charge on any atom is 0.317 e.